The first-order valence-corrected chi connectivity index (χ1v) is 12.0. The molecular formula is C28H26F3N5O. The van der Waals surface area contributed by atoms with Gasteiger partial charge in [-0.05, 0) is 60.0 Å². The number of pyridine rings is 2. The van der Waals surface area contributed by atoms with Crippen LogP contribution in [0.25, 0.3) is 22.3 Å². The largest absolute Gasteiger partial charge is 0.433 e. The standard InChI is InChI=1S/C28H26F3N5O/c1-4-23-21(9-10-24(32-23)28(29,30)31)17-36-27(37)35-16-13-22(19-7-5-18(2)6-8-19)25(26(35)33-36)20-11-14-34(3)15-12-20/h5-14,16H,4,15,17H2,1-3H3. The molecule has 0 radical (unpaired) electrons. The number of halogens is 3. The Hall–Kier alpha value is -4.14. The number of benzene rings is 1. The van der Waals surface area contributed by atoms with Gasteiger partial charge in [-0.2, -0.15) is 13.2 Å². The first kappa shape index (κ1) is 24.5. The minimum atomic E-state index is -4.53. The molecule has 1 aliphatic rings. The lowest BCUT2D eigenvalue weighted by atomic mass is 9.94. The molecule has 5 rings (SSSR count). The van der Waals surface area contributed by atoms with Gasteiger partial charge >= 0.3 is 11.9 Å². The molecule has 0 atom stereocenters. The molecule has 0 amide bonds. The van der Waals surface area contributed by atoms with Crippen LogP contribution < -0.4 is 5.69 Å². The number of hydrogen-bond acceptors (Lipinski definition) is 4. The molecule has 0 bridgehead atoms. The Morgan fingerprint density at radius 3 is 2.46 bits per heavy atom. The van der Waals surface area contributed by atoms with Crippen LogP contribution in [0.3, 0.4) is 0 Å². The Morgan fingerprint density at radius 2 is 1.81 bits per heavy atom. The number of fused-ring (bicyclic) bond motifs is 1. The van der Waals surface area contributed by atoms with E-state index in [1.807, 2.05) is 61.5 Å². The van der Waals surface area contributed by atoms with E-state index in [2.05, 4.69) is 16.2 Å². The number of hydrogen-bond donors (Lipinski definition) is 0. The van der Waals surface area contributed by atoms with Crippen LogP contribution in [0.4, 0.5) is 13.2 Å². The molecule has 0 saturated heterocycles. The van der Waals surface area contributed by atoms with Crippen molar-refractivity contribution in [2.75, 3.05) is 13.6 Å². The van der Waals surface area contributed by atoms with E-state index in [0.29, 0.717) is 29.9 Å². The molecule has 0 unspecified atom stereocenters. The SMILES string of the molecule is CCc1nc(C(F)(F)F)ccc1Cn1nc2c(C3=CCN(C)C=C3)c(-c3ccc(C)cc3)ccn2c1=O. The zero-order valence-corrected chi connectivity index (χ0v) is 20.8. The number of aromatic nitrogens is 4. The van der Waals surface area contributed by atoms with Crippen LogP contribution in [-0.4, -0.2) is 37.7 Å². The molecule has 4 aromatic rings. The lowest BCUT2D eigenvalue weighted by Gasteiger charge is -2.19. The Morgan fingerprint density at radius 1 is 1.05 bits per heavy atom. The summed E-state index contributed by atoms with van der Waals surface area (Å²) in [5, 5.41) is 4.68. The van der Waals surface area contributed by atoms with Gasteiger partial charge in [0.05, 0.1) is 6.54 Å². The number of likely N-dealkylation sites (N-methyl/N-ethyl adjacent to an activating group) is 1. The predicted molar refractivity (Wildman–Crippen MR) is 137 cm³/mol. The highest BCUT2D eigenvalue weighted by Crippen LogP contribution is 2.33. The van der Waals surface area contributed by atoms with Gasteiger partial charge in [0.15, 0.2) is 5.65 Å². The van der Waals surface area contributed by atoms with Crippen molar-refractivity contribution in [1.82, 2.24) is 24.1 Å². The molecule has 6 nitrogen and oxygen atoms in total. The minimum absolute atomic E-state index is 0.0196. The average Bonchev–Trinajstić information content (AvgIpc) is 3.19. The Kier molecular flexibility index (Phi) is 6.23. The van der Waals surface area contributed by atoms with Crippen LogP contribution >= 0.6 is 0 Å². The van der Waals surface area contributed by atoms with E-state index in [1.54, 1.807) is 13.1 Å². The highest BCUT2D eigenvalue weighted by atomic mass is 19.4. The summed E-state index contributed by atoms with van der Waals surface area (Å²) in [6, 6.07) is 12.4. The second kappa shape index (κ2) is 9.38. The molecule has 4 heterocycles. The summed E-state index contributed by atoms with van der Waals surface area (Å²) in [4.78, 5) is 19.2. The van der Waals surface area contributed by atoms with Crippen molar-refractivity contribution < 1.29 is 13.2 Å². The van der Waals surface area contributed by atoms with Crippen molar-refractivity contribution in [2.45, 2.75) is 33.0 Å². The molecule has 0 saturated carbocycles. The number of alkyl halides is 3. The van der Waals surface area contributed by atoms with Crippen molar-refractivity contribution >= 4 is 11.2 Å². The molecular weight excluding hydrogens is 479 g/mol. The van der Waals surface area contributed by atoms with Crippen molar-refractivity contribution in [3.63, 3.8) is 0 Å². The molecule has 1 aromatic carbocycles. The van der Waals surface area contributed by atoms with Crippen molar-refractivity contribution in [3.8, 4) is 11.1 Å². The highest BCUT2D eigenvalue weighted by Gasteiger charge is 2.33. The van der Waals surface area contributed by atoms with E-state index in [4.69, 9.17) is 0 Å². The van der Waals surface area contributed by atoms with Gasteiger partial charge in [0.1, 0.15) is 5.69 Å². The second-order valence-electron chi connectivity index (χ2n) is 9.17. The van der Waals surface area contributed by atoms with E-state index in [9.17, 15) is 18.0 Å². The third-order valence-corrected chi connectivity index (χ3v) is 6.53. The maximum Gasteiger partial charge on any atom is 0.433 e. The Bertz CT molecular complexity index is 1590. The number of aryl methyl sites for hydroxylation is 2. The Balaban J connectivity index is 1.66. The third kappa shape index (κ3) is 4.69. The molecule has 3 aromatic heterocycles. The lowest BCUT2D eigenvalue weighted by Crippen LogP contribution is -2.22. The fraction of sp³-hybridized carbons (Fsp3) is 0.250. The summed E-state index contributed by atoms with van der Waals surface area (Å²) in [6.07, 6.45) is 3.54. The zero-order chi connectivity index (χ0) is 26.3. The summed E-state index contributed by atoms with van der Waals surface area (Å²) >= 11 is 0. The summed E-state index contributed by atoms with van der Waals surface area (Å²) in [5.74, 6) is 0. The monoisotopic (exact) mass is 505 g/mol. The summed E-state index contributed by atoms with van der Waals surface area (Å²) < 4.78 is 42.3. The van der Waals surface area contributed by atoms with Gasteiger partial charge in [0.2, 0.25) is 0 Å². The molecule has 190 valence electrons. The third-order valence-electron chi connectivity index (χ3n) is 6.53. The van der Waals surface area contributed by atoms with Crippen molar-refractivity contribution in [1.29, 1.82) is 0 Å². The molecule has 37 heavy (non-hydrogen) atoms. The normalized spacial score (nSPS) is 13.9. The number of nitrogens with zero attached hydrogens (tertiary/aromatic N) is 5. The molecule has 0 N–H and O–H groups in total. The van der Waals surface area contributed by atoms with Crippen LogP contribution in [-0.2, 0) is 19.1 Å². The second-order valence-corrected chi connectivity index (χ2v) is 9.17. The Labute approximate surface area is 212 Å². The quantitative estimate of drug-likeness (QED) is 0.368. The van der Waals surface area contributed by atoms with Gasteiger partial charge < -0.3 is 4.90 Å². The van der Waals surface area contributed by atoms with Gasteiger partial charge in [-0.15, -0.1) is 5.10 Å². The van der Waals surface area contributed by atoms with Crippen LogP contribution in [0, 0.1) is 6.92 Å². The van der Waals surface area contributed by atoms with Gasteiger partial charge in [0, 0.05) is 31.0 Å². The molecule has 0 fully saturated rings. The lowest BCUT2D eigenvalue weighted by molar-refractivity contribution is -0.141. The summed E-state index contributed by atoms with van der Waals surface area (Å²) in [7, 11) is 1.98. The first-order chi connectivity index (χ1) is 17.7. The van der Waals surface area contributed by atoms with E-state index in [-0.39, 0.29) is 12.2 Å². The van der Waals surface area contributed by atoms with Crippen molar-refractivity contribution in [3.05, 3.63) is 106 Å². The number of rotatable bonds is 5. The maximum atomic E-state index is 13.4. The average molecular weight is 506 g/mol. The van der Waals surface area contributed by atoms with Crippen LogP contribution in [0.15, 0.2) is 71.8 Å². The van der Waals surface area contributed by atoms with Crippen LogP contribution in [0.2, 0.25) is 0 Å². The predicted octanol–water partition coefficient (Wildman–Crippen LogP) is 5.34. The molecule has 1 aliphatic heterocycles. The fourth-order valence-corrected chi connectivity index (χ4v) is 4.50. The molecule has 9 heteroatoms. The van der Waals surface area contributed by atoms with E-state index in [0.717, 1.165) is 33.9 Å². The van der Waals surface area contributed by atoms with Gasteiger partial charge in [-0.1, -0.05) is 48.9 Å². The highest BCUT2D eigenvalue weighted by molar-refractivity contribution is 5.92. The van der Waals surface area contributed by atoms with Gasteiger partial charge in [0.25, 0.3) is 0 Å². The van der Waals surface area contributed by atoms with E-state index < -0.39 is 11.9 Å². The zero-order valence-electron chi connectivity index (χ0n) is 20.8. The summed E-state index contributed by atoms with van der Waals surface area (Å²) in [5.41, 5.74) is 4.85. The van der Waals surface area contributed by atoms with E-state index >= 15 is 0 Å². The summed E-state index contributed by atoms with van der Waals surface area (Å²) in [6.45, 7) is 4.50. The van der Waals surface area contributed by atoms with Gasteiger partial charge in [-0.3, -0.25) is 0 Å². The maximum absolute atomic E-state index is 13.4. The minimum Gasteiger partial charge on any atom is -0.377 e. The fourth-order valence-electron chi connectivity index (χ4n) is 4.50. The molecule has 0 aliphatic carbocycles. The van der Waals surface area contributed by atoms with Crippen LogP contribution in [0.5, 0.6) is 0 Å². The number of allylic oxidation sites excluding steroid dienone is 2. The van der Waals surface area contributed by atoms with Crippen molar-refractivity contribution in [2.24, 2.45) is 0 Å². The molecule has 0 spiro atoms. The van der Waals surface area contributed by atoms with Crippen LogP contribution in [0.1, 0.15) is 35.0 Å². The van der Waals surface area contributed by atoms with Gasteiger partial charge in [-0.25, -0.2) is 18.9 Å². The first-order valence-electron chi connectivity index (χ1n) is 12.0. The van der Waals surface area contributed by atoms with E-state index in [1.165, 1.54) is 15.1 Å². The smallest absolute Gasteiger partial charge is 0.377 e. The topological polar surface area (TPSA) is 55.4 Å².